The zero-order chi connectivity index (χ0) is 47.7. The van der Waals surface area contributed by atoms with Crippen molar-refractivity contribution >= 4 is 5.91 Å². The van der Waals surface area contributed by atoms with Gasteiger partial charge in [-0.2, -0.15) is 0 Å². The molecule has 0 aliphatic heterocycles. The molecule has 66 heavy (non-hydrogen) atoms. The smallest absolute Gasteiger partial charge is 0.220 e. The average Bonchev–Trinajstić information content (AvgIpc) is 3.32. The van der Waals surface area contributed by atoms with Gasteiger partial charge in [0.05, 0.1) is 18.8 Å². The largest absolute Gasteiger partial charge is 0.394 e. The van der Waals surface area contributed by atoms with Gasteiger partial charge in [-0.3, -0.25) is 4.79 Å². The van der Waals surface area contributed by atoms with Gasteiger partial charge in [-0.15, -0.1) is 0 Å². The quantitative estimate of drug-likeness (QED) is 0.0420. The van der Waals surface area contributed by atoms with Crippen LogP contribution in [0.4, 0.5) is 0 Å². The summed E-state index contributed by atoms with van der Waals surface area (Å²) in [5.41, 5.74) is 0. The van der Waals surface area contributed by atoms with Gasteiger partial charge in [0.1, 0.15) is 0 Å². The van der Waals surface area contributed by atoms with E-state index in [2.05, 4.69) is 43.5 Å². The number of allylic oxidation sites excluding steroid dienone is 5. The van der Waals surface area contributed by atoms with E-state index in [0.29, 0.717) is 6.42 Å². The number of unbranched alkanes of at least 4 members (excludes halogenated alkanes) is 45. The van der Waals surface area contributed by atoms with Crippen LogP contribution in [0.3, 0.4) is 0 Å². The summed E-state index contributed by atoms with van der Waals surface area (Å²) in [5, 5.41) is 23.2. The number of aliphatic hydroxyl groups is 2. The van der Waals surface area contributed by atoms with E-state index in [-0.39, 0.29) is 12.5 Å². The molecule has 0 saturated heterocycles. The van der Waals surface area contributed by atoms with Crippen molar-refractivity contribution in [2.24, 2.45) is 0 Å². The number of carbonyl (C=O) groups excluding carboxylic acids is 1. The summed E-state index contributed by atoms with van der Waals surface area (Å²) in [6, 6.07) is -0.644. The van der Waals surface area contributed by atoms with E-state index in [1.807, 2.05) is 6.08 Å². The van der Waals surface area contributed by atoms with Crippen molar-refractivity contribution in [3.63, 3.8) is 0 Å². The molecule has 2 unspecified atom stereocenters. The van der Waals surface area contributed by atoms with Gasteiger partial charge in [-0.25, -0.2) is 0 Å². The molecule has 3 N–H and O–H groups in total. The molecular weight excluding hydrogens is 807 g/mol. The minimum absolute atomic E-state index is 0.0710. The van der Waals surface area contributed by atoms with Gasteiger partial charge >= 0.3 is 0 Å². The minimum atomic E-state index is -0.869. The number of hydrogen-bond acceptors (Lipinski definition) is 3. The Hall–Kier alpha value is -1.39. The van der Waals surface area contributed by atoms with Gasteiger partial charge in [-0.1, -0.05) is 320 Å². The predicted molar refractivity (Wildman–Crippen MR) is 295 cm³/mol. The highest BCUT2D eigenvalue weighted by atomic mass is 16.3. The highest BCUT2D eigenvalue weighted by Gasteiger charge is 2.18. The van der Waals surface area contributed by atoms with Crippen molar-refractivity contribution in [2.45, 2.75) is 347 Å². The summed E-state index contributed by atoms with van der Waals surface area (Å²) >= 11 is 0. The molecule has 0 aromatic carbocycles. The second-order valence-electron chi connectivity index (χ2n) is 20.8. The van der Waals surface area contributed by atoms with E-state index < -0.39 is 12.1 Å². The van der Waals surface area contributed by atoms with Crippen molar-refractivity contribution < 1.29 is 15.0 Å². The number of aliphatic hydroxyl groups excluding tert-OH is 2. The van der Waals surface area contributed by atoms with Crippen molar-refractivity contribution in [1.29, 1.82) is 0 Å². The normalized spacial score (nSPS) is 13.0. The molecule has 4 heteroatoms. The van der Waals surface area contributed by atoms with Crippen LogP contribution in [0.25, 0.3) is 0 Å². The minimum Gasteiger partial charge on any atom is -0.394 e. The van der Waals surface area contributed by atoms with Crippen molar-refractivity contribution in [2.75, 3.05) is 6.61 Å². The Balaban J connectivity index is 3.49. The average molecular weight is 927 g/mol. The van der Waals surface area contributed by atoms with Gasteiger partial charge in [0.25, 0.3) is 0 Å². The van der Waals surface area contributed by atoms with Crippen LogP contribution in [0.1, 0.15) is 335 Å². The maximum Gasteiger partial charge on any atom is 0.220 e. The first-order valence-corrected chi connectivity index (χ1v) is 30.2. The molecule has 0 rings (SSSR count). The van der Waals surface area contributed by atoms with E-state index in [9.17, 15) is 15.0 Å². The van der Waals surface area contributed by atoms with Crippen molar-refractivity contribution in [3.05, 3.63) is 36.5 Å². The maximum atomic E-state index is 12.5. The van der Waals surface area contributed by atoms with Crippen LogP contribution in [0, 0.1) is 0 Å². The highest BCUT2D eigenvalue weighted by Crippen LogP contribution is 2.18. The van der Waals surface area contributed by atoms with Crippen LogP contribution in [-0.2, 0) is 4.79 Å². The lowest BCUT2D eigenvalue weighted by Gasteiger charge is -2.19. The Labute approximate surface area is 414 Å². The van der Waals surface area contributed by atoms with Crippen LogP contribution in [0.5, 0.6) is 0 Å². The maximum absolute atomic E-state index is 12.5. The lowest BCUT2D eigenvalue weighted by Crippen LogP contribution is -2.45. The summed E-state index contributed by atoms with van der Waals surface area (Å²) in [4.78, 5) is 12.5. The van der Waals surface area contributed by atoms with Crippen LogP contribution >= 0.6 is 0 Å². The first-order valence-electron chi connectivity index (χ1n) is 30.2. The molecule has 0 radical (unpaired) electrons. The summed E-state index contributed by atoms with van der Waals surface area (Å²) in [5.74, 6) is -0.0710. The van der Waals surface area contributed by atoms with Gasteiger partial charge in [-0.05, 0) is 44.9 Å². The molecule has 0 aliphatic rings. The summed E-state index contributed by atoms with van der Waals surface area (Å²) in [7, 11) is 0. The summed E-state index contributed by atoms with van der Waals surface area (Å²) < 4.78 is 0. The number of hydrogen-bond donors (Lipinski definition) is 3. The van der Waals surface area contributed by atoms with Crippen molar-refractivity contribution in [3.8, 4) is 0 Å². The fourth-order valence-corrected chi connectivity index (χ4v) is 9.51. The molecule has 0 saturated carbocycles. The SMILES string of the molecule is CCCCCCCCCCCCCCCC/C=C/CC/C=C/CC/C=C/C(O)C(CO)NC(=O)CCCCCCCCCCCCCCCCCCCCCCCCCCCCCCCC. The Bertz CT molecular complexity index is 1010. The molecule has 0 spiro atoms. The first kappa shape index (κ1) is 64.6. The van der Waals surface area contributed by atoms with Crippen LogP contribution in [0.15, 0.2) is 36.5 Å². The summed E-state index contributed by atoms with van der Waals surface area (Å²) in [6.07, 6.45) is 79.1. The van der Waals surface area contributed by atoms with Crippen LogP contribution in [-0.4, -0.2) is 34.9 Å². The van der Waals surface area contributed by atoms with Gasteiger partial charge in [0, 0.05) is 6.42 Å². The van der Waals surface area contributed by atoms with E-state index in [4.69, 9.17) is 0 Å². The molecule has 0 fully saturated rings. The molecule has 0 aromatic rings. The molecular formula is C62H119NO3. The number of nitrogens with one attached hydrogen (secondary N) is 1. The van der Waals surface area contributed by atoms with Crippen LogP contribution in [0.2, 0.25) is 0 Å². The van der Waals surface area contributed by atoms with E-state index in [1.54, 1.807) is 6.08 Å². The Kier molecular flexibility index (Phi) is 56.7. The van der Waals surface area contributed by atoms with Gasteiger partial charge in [0.15, 0.2) is 0 Å². The lowest BCUT2D eigenvalue weighted by molar-refractivity contribution is -0.123. The number of rotatable bonds is 56. The van der Waals surface area contributed by atoms with Crippen LogP contribution < -0.4 is 5.32 Å². The second-order valence-corrected chi connectivity index (χ2v) is 20.8. The lowest BCUT2D eigenvalue weighted by atomic mass is 10.0. The van der Waals surface area contributed by atoms with Gasteiger partial charge < -0.3 is 15.5 Å². The molecule has 1 amide bonds. The van der Waals surface area contributed by atoms with Gasteiger partial charge in [0.2, 0.25) is 5.91 Å². The third-order valence-corrected chi connectivity index (χ3v) is 14.1. The zero-order valence-electron chi connectivity index (χ0n) is 45.0. The Morgan fingerprint density at radius 2 is 0.591 bits per heavy atom. The molecule has 2 atom stereocenters. The Morgan fingerprint density at radius 3 is 0.879 bits per heavy atom. The molecule has 390 valence electrons. The summed E-state index contributed by atoms with van der Waals surface area (Å²) in [6.45, 7) is 4.33. The fraction of sp³-hybridized carbons (Fsp3) is 0.887. The standard InChI is InChI=1S/C62H119NO3/c1-3-5-7-9-11-13-15-17-19-21-23-25-27-29-30-31-32-33-34-36-38-40-42-44-46-48-50-52-54-56-58-62(66)63-60(59-64)61(65)57-55-53-51-49-47-45-43-41-39-37-35-28-26-24-22-20-18-16-14-12-10-8-6-4-2/h39,41,47,49,55,57,60-61,64-65H,3-38,40,42-46,48,50-54,56,58-59H2,1-2H3,(H,63,66)/b41-39+,49-47+,57-55+. The molecule has 0 bridgehead atoms. The van der Waals surface area contributed by atoms with Crippen molar-refractivity contribution in [1.82, 2.24) is 5.32 Å². The molecule has 4 nitrogen and oxygen atoms in total. The topological polar surface area (TPSA) is 69.6 Å². The number of carbonyl (C=O) groups is 1. The predicted octanol–water partition coefficient (Wildman–Crippen LogP) is 20.0. The fourth-order valence-electron chi connectivity index (χ4n) is 9.51. The molecule has 0 aromatic heterocycles. The van der Waals surface area contributed by atoms with E-state index in [0.717, 1.165) is 38.5 Å². The third kappa shape index (κ3) is 53.6. The highest BCUT2D eigenvalue weighted by molar-refractivity contribution is 5.76. The third-order valence-electron chi connectivity index (χ3n) is 14.1. The molecule has 0 aliphatic carbocycles. The first-order chi connectivity index (χ1) is 32.7. The zero-order valence-corrected chi connectivity index (χ0v) is 45.0. The Morgan fingerprint density at radius 1 is 0.348 bits per heavy atom. The molecule has 0 heterocycles. The second kappa shape index (κ2) is 57.9. The van der Waals surface area contributed by atoms with E-state index >= 15 is 0 Å². The monoisotopic (exact) mass is 926 g/mol. The number of amides is 1. The van der Waals surface area contributed by atoms with E-state index in [1.165, 1.54) is 276 Å².